The van der Waals surface area contributed by atoms with Crippen molar-refractivity contribution < 1.29 is 9.59 Å². The third-order valence-electron chi connectivity index (χ3n) is 4.40. The molecule has 0 spiro atoms. The van der Waals surface area contributed by atoms with E-state index in [1.165, 1.54) is 11.3 Å². The maximum Gasteiger partial charge on any atom is 0.257 e. The molecule has 2 amide bonds. The highest BCUT2D eigenvalue weighted by molar-refractivity contribution is 7.16. The summed E-state index contributed by atoms with van der Waals surface area (Å²) in [6.07, 6.45) is 1.51. The molecule has 27 heavy (non-hydrogen) atoms. The Morgan fingerprint density at radius 3 is 2.52 bits per heavy atom. The van der Waals surface area contributed by atoms with E-state index in [0.717, 1.165) is 23.4 Å². The normalized spacial score (nSPS) is 15.2. The number of rotatable bonds is 4. The fourth-order valence-electron chi connectivity index (χ4n) is 3.06. The number of thiazole rings is 1. The summed E-state index contributed by atoms with van der Waals surface area (Å²) in [5, 5.41) is 6.88. The molecule has 2 N–H and O–H groups in total. The van der Waals surface area contributed by atoms with Gasteiger partial charge in [-0.1, -0.05) is 29.8 Å². The molecule has 0 bridgehead atoms. The summed E-state index contributed by atoms with van der Waals surface area (Å²) < 4.78 is 0. The molecule has 4 rings (SSSR count). The molecule has 1 heterocycles. The van der Waals surface area contributed by atoms with E-state index in [2.05, 4.69) is 15.6 Å². The number of halogens is 1. The molecule has 1 aliphatic carbocycles. The second kappa shape index (κ2) is 7.50. The second-order valence-corrected chi connectivity index (χ2v) is 7.76. The van der Waals surface area contributed by atoms with Crippen LogP contribution >= 0.6 is 22.9 Å². The third-order valence-corrected chi connectivity index (χ3v) is 5.70. The highest BCUT2D eigenvalue weighted by Crippen LogP contribution is 2.39. The van der Waals surface area contributed by atoms with Gasteiger partial charge >= 0.3 is 0 Å². The standard InChI is InChI=1S/C20H16ClN3O2S/c21-13-6-8-14(9-7-13)22-19(26)15-10-11-16-17(15)23-20(27-16)24-18(25)12-4-2-1-3-5-12/h1-9,15H,10-11H2,(H,22,26)(H,23,24,25). The molecule has 2 aromatic carbocycles. The molecule has 1 atom stereocenters. The summed E-state index contributed by atoms with van der Waals surface area (Å²) in [6, 6.07) is 16.0. The van der Waals surface area contributed by atoms with Crippen LogP contribution in [0, 0.1) is 0 Å². The van der Waals surface area contributed by atoms with Crippen molar-refractivity contribution in [1.29, 1.82) is 0 Å². The van der Waals surface area contributed by atoms with Crippen LogP contribution in [0.3, 0.4) is 0 Å². The first-order valence-corrected chi connectivity index (χ1v) is 9.72. The van der Waals surface area contributed by atoms with Gasteiger partial charge in [-0.2, -0.15) is 0 Å². The molecule has 0 saturated carbocycles. The van der Waals surface area contributed by atoms with E-state index >= 15 is 0 Å². The summed E-state index contributed by atoms with van der Waals surface area (Å²) >= 11 is 7.31. The lowest BCUT2D eigenvalue weighted by atomic mass is 10.1. The predicted molar refractivity (Wildman–Crippen MR) is 108 cm³/mol. The van der Waals surface area contributed by atoms with Crippen LogP contribution in [0.5, 0.6) is 0 Å². The van der Waals surface area contributed by atoms with Gasteiger partial charge in [-0.15, -0.1) is 11.3 Å². The number of nitrogens with zero attached hydrogens (tertiary/aromatic N) is 1. The van der Waals surface area contributed by atoms with Crippen molar-refractivity contribution in [3.8, 4) is 0 Å². The van der Waals surface area contributed by atoms with E-state index in [0.29, 0.717) is 21.4 Å². The zero-order valence-electron chi connectivity index (χ0n) is 14.2. The molecule has 5 nitrogen and oxygen atoms in total. The maximum atomic E-state index is 12.6. The molecule has 0 saturated heterocycles. The average Bonchev–Trinajstić information content (AvgIpc) is 3.24. The highest BCUT2D eigenvalue weighted by atomic mass is 35.5. The molecule has 0 fully saturated rings. The Labute approximate surface area is 165 Å². The molecule has 0 radical (unpaired) electrons. The number of carbonyl (C=O) groups is 2. The van der Waals surface area contributed by atoms with E-state index in [1.54, 1.807) is 36.4 Å². The largest absolute Gasteiger partial charge is 0.326 e. The first-order valence-electron chi connectivity index (χ1n) is 8.52. The van der Waals surface area contributed by atoms with Crippen LogP contribution in [0.15, 0.2) is 54.6 Å². The number of amides is 2. The number of hydrogen-bond donors (Lipinski definition) is 2. The van der Waals surface area contributed by atoms with Crippen molar-refractivity contribution in [3.05, 3.63) is 75.8 Å². The first kappa shape index (κ1) is 17.7. The average molecular weight is 398 g/mol. The number of hydrogen-bond acceptors (Lipinski definition) is 4. The maximum absolute atomic E-state index is 12.6. The summed E-state index contributed by atoms with van der Waals surface area (Å²) in [5.41, 5.74) is 2.03. The topological polar surface area (TPSA) is 71.1 Å². The number of carbonyl (C=O) groups excluding carboxylic acids is 2. The Kier molecular flexibility index (Phi) is 4.92. The number of aromatic nitrogens is 1. The number of aryl methyl sites for hydroxylation is 1. The van der Waals surface area contributed by atoms with Gasteiger partial charge in [-0.05, 0) is 49.2 Å². The lowest BCUT2D eigenvalue weighted by Gasteiger charge is -2.10. The van der Waals surface area contributed by atoms with Crippen LogP contribution in [-0.4, -0.2) is 16.8 Å². The zero-order valence-corrected chi connectivity index (χ0v) is 15.8. The Morgan fingerprint density at radius 2 is 1.78 bits per heavy atom. The van der Waals surface area contributed by atoms with Gasteiger partial charge in [0.2, 0.25) is 5.91 Å². The summed E-state index contributed by atoms with van der Waals surface area (Å²) in [5.74, 6) is -0.609. The van der Waals surface area contributed by atoms with Gasteiger partial charge in [0.15, 0.2) is 5.13 Å². The monoisotopic (exact) mass is 397 g/mol. The SMILES string of the molecule is O=C(Nc1nc2c(s1)CCC2C(=O)Nc1ccc(Cl)cc1)c1ccccc1. The minimum Gasteiger partial charge on any atom is -0.326 e. The molecule has 1 aliphatic rings. The molecule has 136 valence electrons. The van der Waals surface area contributed by atoms with E-state index in [9.17, 15) is 9.59 Å². The smallest absolute Gasteiger partial charge is 0.257 e. The fourth-order valence-corrected chi connectivity index (χ4v) is 4.22. The Bertz CT molecular complexity index is 986. The number of anilines is 2. The fraction of sp³-hybridized carbons (Fsp3) is 0.150. The van der Waals surface area contributed by atoms with E-state index in [4.69, 9.17) is 11.6 Å². The minimum absolute atomic E-state index is 0.0951. The van der Waals surface area contributed by atoms with Crippen LogP contribution in [0.25, 0.3) is 0 Å². The van der Waals surface area contributed by atoms with E-state index in [1.807, 2.05) is 18.2 Å². The molecule has 0 aliphatic heterocycles. The van der Waals surface area contributed by atoms with Gasteiger partial charge in [0, 0.05) is 21.2 Å². The van der Waals surface area contributed by atoms with Gasteiger partial charge in [0.25, 0.3) is 5.91 Å². The van der Waals surface area contributed by atoms with Crippen molar-refractivity contribution in [1.82, 2.24) is 4.98 Å². The second-order valence-electron chi connectivity index (χ2n) is 6.23. The lowest BCUT2D eigenvalue weighted by Crippen LogP contribution is -2.20. The summed E-state index contributed by atoms with van der Waals surface area (Å²) in [4.78, 5) is 30.5. The van der Waals surface area contributed by atoms with Gasteiger partial charge in [-0.25, -0.2) is 4.98 Å². The van der Waals surface area contributed by atoms with E-state index < -0.39 is 0 Å². The quantitative estimate of drug-likeness (QED) is 0.669. The van der Waals surface area contributed by atoms with Crippen LogP contribution < -0.4 is 10.6 Å². The molecule has 7 heteroatoms. The van der Waals surface area contributed by atoms with Crippen molar-refractivity contribution in [2.24, 2.45) is 0 Å². The lowest BCUT2D eigenvalue weighted by molar-refractivity contribution is -0.117. The number of fused-ring (bicyclic) bond motifs is 1. The van der Waals surface area contributed by atoms with Crippen LogP contribution in [0.2, 0.25) is 5.02 Å². The van der Waals surface area contributed by atoms with Crippen LogP contribution in [-0.2, 0) is 11.2 Å². The summed E-state index contributed by atoms with van der Waals surface area (Å²) in [7, 11) is 0. The third kappa shape index (κ3) is 3.86. The highest BCUT2D eigenvalue weighted by Gasteiger charge is 2.33. The molecule has 3 aromatic rings. The minimum atomic E-state index is -0.311. The van der Waals surface area contributed by atoms with Gasteiger partial charge < -0.3 is 5.32 Å². The first-order chi connectivity index (χ1) is 13.1. The van der Waals surface area contributed by atoms with Crippen molar-refractivity contribution in [3.63, 3.8) is 0 Å². The van der Waals surface area contributed by atoms with Gasteiger partial charge in [0.05, 0.1) is 11.6 Å². The number of nitrogens with one attached hydrogen (secondary N) is 2. The zero-order chi connectivity index (χ0) is 18.8. The Balaban J connectivity index is 1.46. The van der Waals surface area contributed by atoms with Crippen molar-refractivity contribution >= 4 is 45.6 Å². The predicted octanol–water partition coefficient (Wildman–Crippen LogP) is 4.72. The van der Waals surface area contributed by atoms with Crippen LogP contribution in [0.1, 0.15) is 33.3 Å². The Morgan fingerprint density at radius 1 is 1.04 bits per heavy atom. The molecular weight excluding hydrogens is 382 g/mol. The number of benzene rings is 2. The van der Waals surface area contributed by atoms with Crippen molar-refractivity contribution in [2.75, 3.05) is 10.6 Å². The molecule has 1 aromatic heterocycles. The summed E-state index contributed by atoms with van der Waals surface area (Å²) in [6.45, 7) is 0. The van der Waals surface area contributed by atoms with E-state index in [-0.39, 0.29) is 17.7 Å². The van der Waals surface area contributed by atoms with Gasteiger partial charge in [0.1, 0.15) is 0 Å². The van der Waals surface area contributed by atoms with Crippen molar-refractivity contribution in [2.45, 2.75) is 18.8 Å². The van der Waals surface area contributed by atoms with Gasteiger partial charge in [-0.3, -0.25) is 14.9 Å². The molecule has 1 unspecified atom stereocenters. The Hall–Kier alpha value is -2.70. The molecular formula is C20H16ClN3O2S. The van der Waals surface area contributed by atoms with Crippen LogP contribution in [0.4, 0.5) is 10.8 Å².